The van der Waals surface area contributed by atoms with Gasteiger partial charge in [-0.1, -0.05) is 182 Å². The zero-order chi connectivity index (χ0) is 37.5. The molecule has 10 aromatic rings. The fourth-order valence-corrected chi connectivity index (χ4v) is 11.3. The Bertz CT molecular complexity index is 3260. The zero-order valence-corrected chi connectivity index (χ0v) is 31.9. The number of aromatic nitrogens is 1. The molecule has 0 aliphatic carbocycles. The lowest BCUT2D eigenvalue weighted by Crippen LogP contribution is -2.35. The fraction of sp³-hybridized carbons (Fsp3) is 0.0370. The predicted octanol–water partition coefficient (Wildman–Crippen LogP) is 13.8. The van der Waals surface area contributed by atoms with Gasteiger partial charge < -0.3 is 9.88 Å². The Balaban J connectivity index is 1.20. The number of nitrogens with one attached hydrogen (secondary N) is 1. The first-order chi connectivity index (χ1) is 28.3. The molecule has 0 fully saturated rings. The number of allylic oxidation sites excluding steroid dienone is 2. The topological polar surface area (TPSA) is 17.0 Å². The van der Waals surface area contributed by atoms with Crippen molar-refractivity contribution in [1.29, 1.82) is 0 Å². The van der Waals surface area contributed by atoms with Crippen molar-refractivity contribution in [2.24, 2.45) is 0 Å². The fourth-order valence-electron chi connectivity index (χ4n) is 9.88. The highest BCUT2D eigenvalue weighted by molar-refractivity contribution is 7.27. The quantitative estimate of drug-likeness (QED) is 0.186. The van der Waals surface area contributed by atoms with Gasteiger partial charge in [0.25, 0.3) is 0 Å². The summed E-state index contributed by atoms with van der Waals surface area (Å²) in [7, 11) is 0. The Morgan fingerprint density at radius 1 is 0.526 bits per heavy atom. The molecule has 0 saturated heterocycles. The molecule has 2 nitrogen and oxygen atoms in total. The third-order valence-corrected chi connectivity index (χ3v) is 13.6. The molecule has 57 heavy (non-hydrogen) atoms. The van der Waals surface area contributed by atoms with Crippen LogP contribution >= 0.6 is 11.3 Å². The first kappa shape index (κ1) is 32.3. The number of thiophene rings is 1. The van der Waals surface area contributed by atoms with Crippen molar-refractivity contribution in [3.8, 4) is 16.8 Å². The maximum atomic E-state index is 3.87. The van der Waals surface area contributed by atoms with E-state index in [0.29, 0.717) is 0 Å². The molecule has 3 heteroatoms. The summed E-state index contributed by atoms with van der Waals surface area (Å²) < 4.78 is 5.23. The van der Waals surface area contributed by atoms with Crippen molar-refractivity contribution in [3.05, 3.63) is 240 Å². The molecule has 12 rings (SSSR count). The van der Waals surface area contributed by atoms with E-state index in [1.807, 2.05) is 11.3 Å². The van der Waals surface area contributed by atoms with E-state index in [2.05, 4.69) is 216 Å². The molecule has 0 saturated carbocycles. The van der Waals surface area contributed by atoms with E-state index in [-0.39, 0.29) is 6.04 Å². The summed E-state index contributed by atoms with van der Waals surface area (Å²) in [4.78, 5) is 0. The van der Waals surface area contributed by atoms with Gasteiger partial charge in [-0.25, -0.2) is 0 Å². The van der Waals surface area contributed by atoms with Crippen LogP contribution in [-0.4, -0.2) is 4.57 Å². The van der Waals surface area contributed by atoms with E-state index >= 15 is 0 Å². The molecule has 1 N–H and O–H groups in total. The highest BCUT2D eigenvalue weighted by atomic mass is 32.1. The van der Waals surface area contributed by atoms with Crippen LogP contribution < -0.4 is 5.32 Å². The van der Waals surface area contributed by atoms with E-state index in [4.69, 9.17) is 0 Å². The van der Waals surface area contributed by atoms with Crippen LogP contribution in [0.1, 0.15) is 39.4 Å². The summed E-state index contributed by atoms with van der Waals surface area (Å²) in [5, 5.41) is 9.10. The molecular formula is C54H36N2S. The second-order valence-electron chi connectivity index (χ2n) is 15.2. The van der Waals surface area contributed by atoms with Gasteiger partial charge in [0.05, 0.1) is 28.2 Å². The average molecular weight is 745 g/mol. The van der Waals surface area contributed by atoms with Gasteiger partial charge in [-0.05, 0) is 68.8 Å². The molecule has 0 spiro atoms. The van der Waals surface area contributed by atoms with E-state index in [9.17, 15) is 0 Å². The van der Waals surface area contributed by atoms with Crippen LogP contribution in [0.15, 0.2) is 206 Å². The molecule has 2 atom stereocenters. The summed E-state index contributed by atoms with van der Waals surface area (Å²) in [6.07, 6.45) is 6.65. The third kappa shape index (κ3) is 4.64. The number of hydrogen-bond acceptors (Lipinski definition) is 2. The normalized spacial score (nSPS) is 17.2. The molecule has 0 radical (unpaired) electrons. The largest absolute Gasteiger partial charge is 0.374 e. The van der Waals surface area contributed by atoms with Crippen molar-refractivity contribution in [2.75, 3.05) is 0 Å². The van der Waals surface area contributed by atoms with Crippen molar-refractivity contribution in [3.63, 3.8) is 0 Å². The number of dihydropyridines is 1. The Hall–Kier alpha value is -6.94. The molecule has 2 aliphatic rings. The summed E-state index contributed by atoms with van der Waals surface area (Å²) in [5.41, 5.74) is 14.3. The van der Waals surface area contributed by atoms with E-state index in [0.717, 1.165) is 5.70 Å². The van der Waals surface area contributed by atoms with Gasteiger partial charge in [-0.15, -0.1) is 11.3 Å². The first-order valence-corrected chi connectivity index (χ1v) is 20.5. The van der Waals surface area contributed by atoms with Crippen LogP contribution in [0.2, 0.25) is 0 Å². The van der Waals surface area contributed by atoms with Gasteiger partial charge in [-0.2, -0.15) is 0 Å². The second kappa shape index (κ2) is 12.5. The molecule has 2 aromatic heterocycles. The summed E-state index contributed by atoms with van der Waals surface area (Å²) >= 11 is 1.94. The number of fused-ring (bicyclic) bond motifs is 9. The minimum Gasteiger partial charge on any atom is -0.374 e. The summed E-state index contributed by atoms with van der Waals surface area (Å²) in [6, 6.07) is 69.7. The predicted molar refractivity (Wildman–Crippen MR) is 240 cm³/mol. The first-order valence-electron chi connectivity index (χ1n) is 19.7. The molecule has 8 aromatic carbocycles. The lowest BCUT2D eigenvalue weighted by molar-refractivity contribution is 0.717. The smallest absolute Gasteiger partial charge is 0.0742 e. The van der Waals surface area contributed by atoms with Gasteiger partial charge in [0.1, 0.15) is 0 Å². The monoisotopic (exact) mass is 744 g/mol. The Labute approximate surface area is 335 Å². The molecule has 0 bridgehead atoms. The third-order valence-electron chi connectivity index (χ3n) is 12.3. The SMILES string of the molecule is C1=CC(c2cccc(C3(c4ccccc4)c4ccccc4-n4c5ccccc5c5c6sc7c(-c8ccccc8)cccc7c6cc3c54)c2)NC(c2ccccc2)=C1. The van der Waals surface area contributed by atoms with Crippen LogP contribution in [0.5, 0.6) is 0 Å². The second-order valence-corrected chi connectivity index (χ2v) is 16.3. The van der Waals surface area contributed by atoms with Crippen LogP contribution in [0.3, 0.4) is 0 Å². The average Bonchev–Trinajstić information content (AvgIpc) is 3.84. The summed E-state index contributed by atoms with van der Waals surface area (Å²) in [6.45, 7) is 0. The van der Waals surface area contributed by atoms with E-state index < -0.39 is 5.41 Å². The maximum absolute atomic E-state index is 3.87. The van der Waals surface area contributed by atoms with Crippen molar-refractivity contribution in [1.82, 2.24) is 9.88 Å². The lowest BCUT2D eigenvalue weighted by Gasteiger charge is -2.42. The molecule has 4 heterocycles. The van der Waals surface area contributed by atoms with Crippen molar-refractivity contribution >= 4 is 59.0 Å². The number of hydrogen-bond donors (Lipinski definition) is 1. The Morgan fingerprint density at radius 3 is 2.05 bits per heavy atom. The minimum atomic E-state index is -0.619. The molecular weight excluding hydrogens is 709 g/mol. The highest BCUT2D eigenvalue weighted by Gasteiger charge is 2.46. The number of nitrogens with zero attached hydrogens (tertiary/aromatic N) is 1. The van der Waals surface area contributed by atoms with Gasteiger partial charge in [0.2, 0.25) is 0 Å². The molecule has 268 valence electrons. The van der Waals surface area contributed by atoms with Gasteiger partial charge in [-0.3, -0.25) is 0 Å². The van der Waals surface area contributed by atoms with Gasteiger partial charge >= 0.3 is 0 Å². The van der Waals surface area contributed by atoms with Crippen molar-refractivity contribution in [2.45, 2.75) is 11.5 Å². The summed E-state index contributed by atoms with van der Waals surface area (Å²) in [5.74, 6) is 0. The van der Waals surface area contributed by atoms with Crippen LogP contribution in [0.25, 0.3) is 64.5 Å². The van der Waals surface area contributed by atoms with Gasteiger partial charge in [0, 0.05) is 36.6 Å². The number of para-hydroxylation sites is 2. The van der Waals surface area contributed by atoms with Crippen molar-refractivity contribution < 1.29 is 0 Å². The van der Waals surface area contributed by atoms with E-state index in [1.54, 1.807) is 0 Å². The zero-order valence-electron chi connectivity index (χ0n) is 31.1. The Kier molecular flexibility index (Phi) is 7.11. The van der Waals surface area contributed by atoms with E-state index in [1.165, 1.54) is 92.2 Å². The lowest BCUT2D eigenvalue weighted by atomic mass is 9.62. The van der Waals surface area contributed by atoms with Crippen LogP contribution in [0, 0.1) is 0 Å². The molecule has 2 unspecified atom stereocenters. The maximum Gasteiger partial charge on any atom is 0.0742 e. The number of rotatable bonds is 5. The minimum absolute atomic E-state index is 0.0167. The molecule has 2 aliphatic heterocycles. The van der Waals surface area contributed by atoms with Crippen LogP contribution in [0.4, 0.5) is 0 Å². The number of benzene rings is 8. The molecule has 0 amide bonds. The standard InChI is InChI=1S/C54H36N2S/c1-4-17-35(18-5-1)40-26-15-27-41-43-34-45-51-50(53(43)57-52(40)41)42-25-10-12-31-48(42)56(51)49-32-13-11-28-44(49)54(45,38-22-8-3-9-23-38)39-24-14-21-37(33-39)47-30-16-29-46(55-47)36-19-6-2-7-20-36/h1-34,47,55H. The highest BCUT2D eigenvalue weighted by Crippen LogP contribution is 2.57. The van der Waals surface area contributed by atoms with Gasteiger partial charge in [0.15, 0.2) is 0 Å². The van der Waals surface area contributed by atoms with Crippen LogP contribution in [-0.2, 0) is 5.41 Å². The Morgan fingerprint density at radius 2 is 1.21 bits per heavy atom.